The van der Waals surface area contributed by atoms with Crippen molar-refractivity contribution in [2.75, 3.05) is 5.73 Å². The summed E-state index contributed by atoms with van der Waals surface area (Å²) in [5.41, 5.74) is 6.70. The van der Waals surface area contributed by atoms with Crippen molar-refractivity contribution < 1.29 is 13.9 Å². The molecular weight excluding hydrogens is 257 g/mol. The van der Waals surface area contributed by atoms with E-state index in [1.807, 2.05) is 26.0 Å². The Kier molecular flexibility index (Phi) is 2.82. The first-order chi connectivity index (χ1) is 9.44. The van der Waals surface area contributed by atoms with Gasteiger partial charge in [-0.1, -0.05) is 12.1 Å². The third-order valence-corrected chi connectivity index (χ3v) is 3.23. The number of nitrogens with two attached hydrogens (primary N) is 1. The minimum Gasteiger partial charge on any atom is -0.483 e. The highest BCUT2D eigenvalue weighted by molar-refractivity contribution is 5.52. The van der Waals surface area contributed by atoms with Crippen LogP contribution in [-0.2, 0) is 6.42 Å². The molecule has 2 N–H and O–H groups in total. The van der Waals surface area contributed by atoms with Gasteiger partial charge in [-0.3, -0.25) is 0 Å². The zero-order valence-electron chi connectivity index (χ0n) is 11.4. The Morgan fingerprint density at radius 3 is 2.75 bits per heavy atom. The van der Waals surface area contributed by atoms with Gasteiger partial charge < -0.3 is 15.2 Å². The lowest BCUT2D eigenvalue weighted by atomic mass is 10.0. The van der Waals surface area contributed by atoms with Crippen LogP contribution in [0.5, 0.6) is 17.2 Å². The number of benzene rings is 2. The lowest BCUT2D eigenvalue weighted by Gasteiger charge is -2.18. The second-order valence-corrected chi connectivity index (χ2v) is 5.57. The predicted octanol–water partition coefficient (Wildman–Crippen LogP) is 3.91. The molecule has 2 aromatic carbocycles. The van der Waals surface area contributed by atoms with Gasteiger partial charge in [-0.2, -0.15) is 0 Å². The highest BCUT2D eigenvalue weighted by Crippen LogP contribution is 2.43. The molecule has 0 atom stereocenters. The zero-order chi connectivity index (χ0) is 14.3. The topological polar surface area (TPSA) is 44.5 Å². The van der Waals surface area contributed by atoms with Gasteiger partial charge in [-0.05, 0) is 32.0 Å². The molecule has 3 rings (SSSR count). The van der Waals surface area contributed by atoms with Crippen molar-refractivity contribution in [3.8, 4) is 17.2 Å². The van der Waals surface area contributed by atoms with E-state index in [9.17, 15) is 4.39 Å². The van der Waals surface area contributed by atoms with Crippen molar-refractivity contribution in [2.24, 2.45) is 0 Å². The van der Waals surface area contributed by atoms with Crippen LogP contribution < -0.4 is 15.2 Å². The summed E-state index contributed by atoms with van der Waals surface area (Å²) in [5, 5.41) is 0. The monoisotopic (exact) mass is 273 g/mol. The van der Waals surface area contributed by atoms with Crippen molar-refractivity contribution in [1.82, 2.24) is 0 Å². The Morgan fingerprint density at radius 2 is 2.00 bits per heavy atom. The van der Waals surface area contributed by atoms with Gasteiger partial charge >= 0.3 is 0 Å². The summed E-state index contributed by atoms with van der Waals surface area (Å²) in [5.74, 6) is 0.867. The maximum absolute atomic E-state index is 13.8. The quantitative estimate of drug-likeness (QED) is 0.844. The molecule has 3 nitrogen and oxygen atoms in total. The predicted molar refractivity (Wildman–Crippen MR) is 75.7 cm³/mol. The molecule has 0 aliphatic carbocycles. The number of halogens is 1. The van der Waals surface area contributed by atoms with Crippen molar-refractivity contribution in [2.45, 2.75) is 25.9 Å². The van der Waals surface area contributed by atoms with Gasteiger partial charge in [0.2, 0.25) is 0 Å². The van der Waals surface area contributed by atoms with E-state index in [2.05, 4.69) is 0 Å². The lowest BCUT2D eigenvalue weighted by molar-refractivity contribution is 0.135. The number of para-hydroxylation sites is 1. The van der Waals surface area contributed by atoms with Crippen LogP contribution in [0.25, 0.3) is 0 Å². The molecule has 1 aliphatic heterocycles. The number of fused-ring (bicyclic) bond motifs is 1. The van der Waals surface area contributed by atoms with E-state index >= 15 is 0 Å². The van der Waals surface area contributed by atoms with Gasteiger partial charge in [0, 0.05) is 23.7 Å². The second-order valence-electron chi connectivity index (χ2n) is 5.57. The van der Waals surface area contributed by atoms with Crippen LogP contribution in [0.3, 0.4) is 0 Å². The van der Waals surface area contributed by atoms with Crippen LogP contribution in [0, 0.1) is 5.82 Å². The SMILES string of the molecule is CC1(C)Cc2cccc(Oc3ccc(N)cc3F)c2O1. The number of nitrogen functional groups attached to an aromatic ring is 1. The average molecular weight is 273 g/mol. The van der Waals surface area contributed by atoms with Gasteiger partial charge in [-0.25, -0.2) is 4.39 Å². The third kappa shape index (κ3) is 2.29. The van der Waals surface area contributed by atoms with E-state index < -0.39 is 5.82 Å². The van der Waals surface area contributed by atoms with E-state index in [0.717, 1.165) is 12.0 Å². The Hall–Kier alpha value is -2.23. The summed E-state index contributed by atoms with van der Waals surface area (Å²) >= 11 is 0. The molecule has 1 heterocycles. The molecule has 0 amide bonds. The highest BCUT2D eigenvalue weighted by atomic mass is 19.1. The molecule has 0 spiro atoms. The summed E-state index contributed by atoms with van der Waals surface area (Å²) in [6.45, 7) is 4.03. The second kappa shape index (κ2) is 4.40. The van der Waals surface area contributed by atoms with Crippen molar-refractivity contribution >= 4 is 5.69 Å². The average Bonchev–Trinajstić information content (AvgIpc) is 2.67. The normalized spacial score (nSPS) is 15.6. The third-order valence-electron chi connectivity index (χ3n) is 3.23. The van der Waals surface area contributed by atoms with Gasteiger partial charge in [0.25, 0.3) is 0 Å². The fraction of sp³-hybridized carbons (Fsp3) is 0.250. The molecular formula is C16H16FNO2. The summed E-state index contributed by atoms with van der Waals surface area (Å²) in [7, 11) is 0. The smallest absolute Gasteiger partial charge is 0.169 e. The number of hydrogen-bond acceptors (Lipinski definition) is 3. The first-order valence-corrected chi connectivity index (χ1v) is 6.48. The van der Waals surface area contributed by atoms with Gasteiger partial charge in [0.1, 0.15) is 5.60 Å². The van der Waals surface area contributed by atoms with E-state index in [1.54, 1.807) is 12.1 Å². The van der Waals surface area contributed by atoms with Gasteiger partial charge in [-0.15, -0.1) is 0 Å². The molecule has 2 aromatic rings. The van der Waals surface area contributed by atoms with E-state index in [-0.39, 0.29) is 11.4 Å². The minimum atomic E-state index is -0.486. The Bertz CT molecular complexity index is 668. The zero-order valence-corrected chi connectivity index (χ0v) is 11.4. The molecule has 0 bridgehead atoms. The first-order valence-electron chi connectivity index (χ1n) is 6.48. The molecule has 0 radical (unpaired) electrons. The summed E-state index contributed by atoms with van der Waals surface area (Å²) in [6, 6.07) is 10.0. The molecule has 0 saturated carbocycles. The van der Waals surface area contributed by atoms with E-state index in [1.165, 1.54) is 12.1 Å². The summed E-state index contributed by atoms with van der Waals surface area (Å²) in [4.78, 5) is 0. The highest BCUT2D eigenvalue weighted by Gasteiger charge is 2.32. The van der Waals surface area contributed by atoms with Crippen molar-refractivity contribution in [1.29, 1.82) is 0 Å². The Labute approximate surface area is 117 Å². The molecule has 20 heavy (non-hydrogen) atoms. The summed E-state index contributed by atoms with van der Waals surface area (Å²) in [6.07, 6.45) is 0.809. The van der Waals surface area contributed by atoms with Crippen LogP contribution in [0.2, 0.25) is 0 Å². The number of hydrogen-bond donors (Lipinski definition) is 1. The Morgan fingerprint density at radius 1 is 1.20 bits per heavy atom. The Balaban J connectivity index is 1.95. The van der Waals surface area contributed by atoms with Crippen molar-refractivity contribution in [3.05, 3.63) is 47.8 Å². The standard InChI is InChI=1S/C16H16FNO2/c1-16(2)9-10-4-3-5-14(15(10)20-16)19-13-7-6-11(18)8-12(13)17/h3-8H,9,18H2,1-2H3. The maximum atomic E-state index is 13.8. The number of anilines is 1. The van der Waals surface area contributed by atoms with Crippen LogP contribution in [0.15, 0.2) is 36.4 Å². The van der Waals surface area contributed by atoms with Gasteiger partial charge in [0.15, 0.2) is 23.1 Å². The first kappa shape index (κ1) is 12.8. The van der Waals surface area contributed by atoms with E-state index in [0.29, 0.717) is 17.2 Å². The van der Waals surface area contributed by atoms with Gasteiger partial charge in [0.05, 0.1) is 0 Å². The fourth-order valence-corrected chi connectivity index (χ4v) is 2.39. The minimum absolute atomic E-state index is 0.140. The molecule has 104 valence electrons. The van der Waals surface area contributed by atoms with Crippen LogP contribution >= 0.6 is 0 Å². The van der Waals surface area contributed by atoms with Crippen LogP contribution in [0.1, 0.15) is 19.4 Å². The molecule has 0 aromatic heterocycles. The van der Waals surface area contributed by atoms with Crippen LogP contribution in [-0.4, -0.2) is 5.60 Å². The van der Waals surface area contributed by atoms with Crippen LogP contribution in [0.4, 0.5) is 10.1 Å². The lowest BCUT2D eigenvalue weighted by Crippen LogP contribution is -2.24. The molecule has 4 heteroatoms. The molecule has 0 unspecified atom stereocenters. The number of ether oxygens (including phenoxy) is 2. The molecule has 0 fully saturated rings. The summed E-state index contributed by atoms with van der Waals surface area (Å²) < 4.78 is 25.3. The van der Waals surface area contributed by atoms with Crippen molar-refractivity contribution in [3.63, 3.8) is 0 Å². The maximum Gasteiger partial charge on any atom is 0.169 e. The largest absolute Gasteiger partial charge is 0.483 e. The molecule has 1 aliphatic rings. The molecule has 0 saturated heterocycles. The number of rotatable bonds is 2. The van der Waals surface area contributed by atoms with E-state index in [4.69, 9.17) is 15.2 Å². The fourth-order valence-electron chi connectivity index (χ4n) is 2.39.